The van der Waals surface area contributed by atoms with E-state index in [9.17, 15) is 8.42 Å². The van der Waals surface area contributed by atoms with Crippen LogP contribution in [-0.4, -0.2) is 56.2 Å². The summed E-state index contributed by atoms with van der Waals surface area (Å²) in [5.41, 5.74) is 2.87. The maximum absolute atomic E-state index is 11.8. The molecule has 2 heterocycles. The third-order valence-corrected chi connectivity index (χ3v) is 7.79. The number of fused-ring (bicyclic) bond motifs is 1. The van der Waals surface area contributed by atoms with Crippen LogP contribution < -0.4 is 9.62 Å². The lowest BCUT2D eigenvalue weighted by atomic mass is 10.1. The van der Waals surface area contributed by atoms with E-state index in [1.807, 2.05) is 19.1 Å². The number of piperazine rings is 1. The van der Waals surface area contributed by atoms with E-state index in [4.69, 9.17) is 0 Å². The number of anilines is 2. The normalized spacial score (nSPS) is 15.6. The Labute approximate surface area is 182 Å². The highest BCUT2D eigenvalue weighted by Crippen LogP contribution is 2.29. The van der Waals surface area contributed by atoms with Crippen molar-refractivity contribution < 1.29 is 8.42 Å². The number of hydrogen-bond donors (Lipinski definition) is 1. The van der Waals surface area contributed by atoms with Crippen LogP contribution >= 0.6 is 11.5 Å². The van der Waals surface area contributed by atoms with Crippen molar-refractivity contribution in [1.82, 2.24) is 9.27 Å². The minimum Gasteiger partial charge on any atom is -0.353 e. The second kappa shape index (κ2) is 8.91. The molecule has 1 N–H and O–H groups in total. The summed E-state index contributed by atoms with van der Waals surface area (Å²) in [6.07, 6.45) is 0.960. The summed E-state index contributed by atoms with van der Waals surface area (Å²) in [6.45, 7) is 8.63. The van der Waals surface area contributed by atoms with Crippen molar-refractivity contribution in [1.29, 1.82) is 0 Å². The first kappa shape index (κ1) is 21.1. The van der Waals surface area contributed by atoms with Gasteiger partial charge >= 0.3 is 0 Å². The molecule has 0 amide bonds. The van der Waals surface area contributed by atoms with Gasteiger partial charge in [-0.15, -0.1) is 0 Å². The van der Waals surface area contributed by atoms with Crippen LogP contribution in [0.5, 0.6) is 0 Å². The molecule has 4 rings (SSSR count). The van der Waals surface area contributed by atoms with Crippen LogP contribution in [0.4, 0.5) is 11.5 Å². The number of aromatic nitrogens is 1. The molecule has 1 aromatic heterocycles. The van der Waals surface area contributed by atoms with E-state index in [1.165, 1.54) is 15.6 Å². The molecule has 8 heteroatoms. The van der Waals surface area contributed by atoms with Crippen LogP contribution in [-0.2, 0) is 16.4 Å². The molecular formula is C22H28N4O2S2. The maximum atomic E-state index is 11.8. The van der Waals surface area contributed by atoms with Crippen molar-refractivity contribution in [3.05, 3.63) is 53.6 Å². The molecule has 160 valence electrons. The van der Waals surface area contributed by atoms with Gasteiger partial charge < -0.3 is 4.90 Å². The molecule has 2 aromatic carbocycles. The van der Waals surface area contributed by atoms with Gasteiger partial charge in [-0.05, 0) is 61.1 Å². The first-order valence-electron chi connectivity index (χ1n) is 10.4. The van der Waals surface area contributed by atoms with E-state index in [0.717, 1.165) is 50.5 Å². The fourth-order valence-electron chi connectivity index (χ4n) is 3.81. The largest absolute Gasteiger partial charge is 0.353 e. The van der Waals surface area contributed by atoms with Gasteiger partial charge in [0.15, 0.2) is 0 Å². The Morgan fingerprint density at radius 3 is 2.60 bits per heavy atom. The van der Waals surface area contributed by atoms with Gasteiger partial charge in [0.05, 0.1) is 16.1 Å². The molecule has 0 spiro atoms. The van der Waals surface area contributed by atoms with Gasteiger partial charge in [0.1, 0.15) is 5.82 Å². The second-order valence-electron chi connectivity index (χ2n) is 7.74. The molecule has 0 unspecified atom stereocenters. The fraction of sp³-hybridized carbons (Fsp3) is 0.409. The second-order valence-corrected chi connectivity index (χ2v) is 10.6. The molecule has 0 aliphatic carbocycles. The summed E-state index contributed by atoms with van der Waals surface area (Å²) in [4.78, 5) is 4.89. The van der Waals surface area contributed by atoms with E-state index in [2.05, 4.69) is 49.2 Å². The highest BCUT2D eigenvalue weighted by molar-refractivity contribution is 7.92. The number of nitrogens with one attached hydrogen (secondary N) is 1. The van der Waals surface area contributed by atoms with Crippen LogP contribution in [0.2, 0.25) is 0 Å². The maximum Gasteiger partial charge on any atom is 0.232 e. The van der Waals surface area contributed by atoms with Gasteiger partial charge in [-0.3, -0.25) is 9.62 Å². The van der Waals surface area contributed by atoms with E-state index >= 15 is 0 Å². The van der Waals surface area contributed by atoms with Gasteiger partial charge in [-0.25, -0.2) is 8.42 Å². The minimum absolute atomic E-state index is 0.0802. The monoisotopic (exact) mass is 444 g/mol. The standard InChI is InChI=1S/C22H28N4O2S2/c1-3-30(27,28)24-20-9-8-18(16-17(20)2)10-11-25-12-14-26(15-13-25)22-19-6-4-5-7-21(19)29-23-22/h4-9,16,24H,3,10-15H2,1-2H3. The molecule has 1 saturated heterocycles. The molecule has 0 atom stereocenters. The summed E-state index contributed by atoms with van der Waals surface area (Å²) in [5, 5.41) is 1.25. The molecule has 6 nitrogen and oxygen atoms in total. The van der Waals surface area contributed by atoms with Crippen LogP contribution in [0.1, 0.15) is 18.1 Å². The lowest BCUT2D eigenvalue weighted by Gasteiger charge is -2.35. The topological polar surface area (TPSA) is 65.5 Å². The van der Waals surface area contributed by atoms with Gasteiger partial charge in [0.25, 0.3) is 0 Å². The van der Waals surface area contributed by atoms with Crippen molar-refractivity contribution in [3.8, 4) is 0 Å². The average Bonchev–Trinajstić information content (AvgIpc) is 3.18. The smallest absolute Gasteiger partial charge is 0.232 e. The summed E-state index contributed by atoms with van der Waals surface area (Å²) in [5.74, 6) is 1.20. The van der Waals surface area contributed by atoms with Crippen LogP contribution in [0.15, 0.2) is 42.5 Å². The van der Waals surface area contributed by atoms with Crippen molar-refractivity contribution in [2.24, 2.45) is 0 Å². The Hall–Kier alpha value is -2.16. The first-order chi connectivity index (χ1) is 14.4. The van der Waals surface area contributed by atoms with Gasteiger partial charge in [0.2, 0.25) is 10.0 Å². The van der Waals surface area contributed by atoms with Crippen LogP contribution in [0.3, 0.4) is 0 Å². The van der Waals surface area contributed by atoms with Gasteiger partial charge in [-0.1, -0.05) is 24.3 Å². The Bertz CT molecular complexity index is 1120. The summed E-state index contributed by atoms with van der Waals surface area (Å²) in [7, 11) is -3.24. The molecule has 1 fully saturated rings. The third kappa shape index (κ3) is 4.77. The molecule has 1 aliphatic heterocycles. The number of aryl methyl sites for hydroxylation is 1. The summed E-state index contributed by atoms with van der Waals surface area (Å²) >= 11 is 1.57. The Morgan fingerprint density at radius 1 is 1.10 bits per heavy atom. The predicted molar refractivity (Wildman–Crippen MR) is 126 cm³/mol. The minimum atomic E-state index is -3.24. The van der Waals surface area contributed by atoms with Gasteiger partial charge in [0, 0.05) is 38.1 Å². The summed E-state index contributed by atoms with van der Waals surface area (Å²) < 4.78 is 32.2. The van der Waals surface area contributed by atoms with Crippen molar-refractivity contribution >= 4 is 43.1 Å². The number of rotatable bonds is 7. The molecule has 30 heavy (non-hydrogen) atoms. The fourth-order valence-corrected chi connectivity index (χ4v) is 5.31. The lowest BCUT2D eigenvalue weighted by molar-refractivity contribution is 0.261. The third-order valence-electron chi connectivity index (χ3n) is 5.68. The van der Waals surface area contributed by atoms with Gasteiger partial charge in [-0.2, -0.15) is 4.37 Å². The molecule has 1 aliphatic rings. The molecular weight excluding hydrogens is 416 g/mol. The molecule has 0 bridgehead atoms. The zero-order valence-electron chi connectivity index (χ0n) is 17.5. The predicted octanol–water partition coefficient (Wildman–Crippen LogP) is 3.73. The quantitative estimate of drug-likeness (QED) is 0.602. The van der Waals surface area contributed by atoms with E-state index in [1.54, 1.807) is 18.5 Å². The van der Waals surface area contributed by atoms with Crippen LogP contribution in [0.25, 0.3) is 10.1 Å². The number of sulfonamides is 1. The average molecular weight is 445 g/mol. The molecule has 0 saturated carbocycles. The number of hydrogen-bond acceptors (Lipinski definition) is 6. The zero-order chi connectivity index (χ0) is 21.1. The Kier molecular flexibility index (Phi) is 6.26. The Morgan fingerprint density at radius 2 is 1.87 bits per heavy atom. The summed E-state index contributed by atoms with van der Waals surface area (Å²) in [6, 6.07) is 14.4. The SMILES string of the molecule is CCS(=O)(=O)Nc1ccc(CCN2CCN(c3nsc4ccccc34)CC2)cc1C. The van der Waals surface area contributed by atoms with Crippen molar-refractivity contribution in [2.75, 3.05) is 48.1 Å². The lowest BCUT2D eigenvalue weighted by Crippen LogP contribution is -2.47. The van der Waals surface area contributed by atoms with E-state index < -0.39 is 10.0 Å². The first-order valence-corrected chi connectivity index (χ1v) is 12.8. The highest BCUT2D eigenvalue weighted by atomic mass is 32.2. The molecule has 3 aromatic rings. The van der Waals surface area contributed by atoms with Crippen molar-refractivity contribution in [3.63, 3.8) is 0 Å². The van der Waals surface area contributed by atoms with E-state index in [0.29, 0.717) is 5.69 Å². The Balaban J connectivity index is 1.31. The van der Waals surface area contributed by atoms with Crippen molar-refractivity contribution in [2.45, 2.75) is 20.3 Å². The highest BCUT2D eigenvalue weighted by Gasteiger charge is 2.20. The van der Waals surface area contributed by atoms with Crippen LogP contribution in [0, 0.1) is 6.92 Å². The molecule has 0 radical (unpaired) electrons. The number of nitrogens with zero attached hydrogens (tertiary/aromatic N) is 3. The number of benzene rings is 2. The zero-order valence-corrected chi connectivity index (χ0v) is 19.1. The van der Waals surface area contributed by atoms with E-state index in [-0.39, 0.29) is 5.75 Å².